The zero-order valence-electron chi connectivity index (χ0n) is 9.66. The van der Waals surface area contributed by atoms with Crippen molar-refractivity contribution in [1.82, 2.24) is 0 Å². The van der Waals surface area contributed by atoms with Gasteiger partial charge in [0.1, 0.15) is 0 Å². The molecule has 1 aromatic rings. The zero-order valence-corrected chi connectivity index (χ0v) is 9.66. The van der Waals surface area contributed by atoms with Gasteiger partial charge in [-0.15, -0.1) is 0 Å². The van der Waals surface area contributed by atoms with Gasteiger partial charge in [0.25, 0.3) is 0 Å². The molecule has 1 heteroatoms. The van der Waals surface area contributed by atoms with Crippen LogP contribution in [0.3, 0.4) is 0 Å². The number of aliphatic hydroxyl groups is 1. The van der Waals surface area contributed by atoms with E-state index >= 15 is 0 Å². The first-order valence-corrected chi connectivity index (χ1v) is 5.85. The smallest absolute Gasteiger partial charge is 0.0522 e. The van der Waals surface area contributed by atoms with Crippen LogP contribution in [0.4, 0.5) is 0 Å². The highest BCUT2D eigenvalue weighted by Gasteiger charge is 2.22. The molecular weight excluding hydrogens is 184 g/mol. The summed E-state index contributed by atoms with van der Waals surface area (Å²) in [6.45, 7) is 4.35. The van der Waals surface area contributed by atoms with Gasteiger partial charge >= 0.3 is 0 Å². The van der Waals surface area contributed by atoms with Gasteiger partial charge in [0.2, 0.25) is 0 Å². The normalized spacial score (nSPS) is 17.5. The third-order valence-corrected chi connectivity index (χ3v) is 3.66. The number of rotatable bonds is 3. The monoisotopic (exact) mass is 204 g/mol. The molecule has 1 saturated carbocycles. The van der Waals surface area contributed by atoms with Crippen LogP contribution in [-0.4, -0.2) is 11.7 Å². The van der Waals surface area contributed by atoms with Gasteiger partial charge in [-0.1, -0.05) is 44.5 Å². The average Bonchev–Trinajstić information content (AvgIpc) is 2.16. The van der Waals surface area contributed by atoms with Crippen molar-refractivity contribution in [3.63, 3.8) is 0 Å². The van der Waals surface area contributed by atoms with Crippen LogP contribution in [0.25, 0.3) is 0 Å². The molecule has 1 aliphatic rings. The molecule has 0 spiro atoms. The predicted molar refractivity (Wildman–Crippen MR) is 63.1 cm³/mol. The lowest BCUT2D eigenvalue weighted by Crippen LogP contribution is -2.22. The number of hydrogen-bond donors (Lipinski definition) is 1. The van der Waals surface area contributed by atoms with E-state index in [1.165, 1.54) is 30.4 Å². The fourth-order valence-corrected chi connectivity index (χ4v) is 2.04. The summed E-state index contributed by atoms with van der Waals surface area (Å²) in [6, 6.07) is 8.81. The number of hydrogen-bond acceptors (Lipinski definition) is 1. The minimum Gasteiger partial charge on any atom is -0.395 e. The molecule has 0 saturated heterocycles. The van der Waals surface area contributed by atoms with Crippen molar-refractivity contribution in [2.75, 3.05) is 6.61 Å². The Balaban J connectivity index is 2.16. The molecule has 0 unspecified atom stereocenters. The van der Waals surface area contributed by atoms with E-state index in [-0.39, 0.29) is 12.0 Å². The lowest BCUT2D eigenvalue weighted by atomic mass is 9.78. The van der Waals surface area contributed by atoms with E-state index in [4.69, 9.17) is 0 Å². The van der Waals surface area contributed by atoms with Gasteiger partial charge in [-0.2, -0.15) is 0 Å². The van der Waals surface area contributed by atoms with Crippen molar-refractivity contribution in [2.45, 2.75) is 44.4 Å². The lowest BCUT2D eigenvalue weighted by Gasteiger charge is -2.27. The second kappa shape index (κ2) is 3.97. The molecule has 1 fully saturated rings. The van der Waals surface area contributed by atoms with E-state index in [0.717, 1.165) is 5.92 Å². The SMILES string of the molecule is CC(C)(CO)c1ccc(C2CCC2)cc1. The van der Waals surface area contributed by atoms with Crippen LogP contribution in [0, 0.1) is 0 Å². The Kier molecular flexibility index (Phi) is 2.83. The predicted octanol–water partition coefficient (Wildman–Crippen LogP) is 3.22. The van der Waals surface area contributed by atoms with Crippen molar-refractivity contribution >= 4 is 0 Å². The van der Waals surface area contributed by atoms with Gasteiger partial charge in [0.05, 0.1) is 6.61 Å². The van der Waals surface area contributed by atoms with Gasteiger partial charge in [-0.3, -0.25) is 0 Å². The average molecular weight is 204 g/mol. The fourth-order valence-electron chi connectivity index (χ4n) is 2.04. The second-order valence-corrected chi connectivity index (χ2v) is 5.29. The Hall–Kier alpha value is -0.820. The first-order chi connectivity index (χ1) is 7.13. The van der Waals surface area contributed by atoms with Crippen LogP contribution >= 0.6 is 0 Å². The van der Waals surface area contributed by atoms with Gasteiger partial charge < -0.3 is 5.11 Å². The summed E-state index contributed by atoms with van der Waals surface area (Å²) in [5, 5.41) is 9.28. The fraction of sp³-hybridized carbons (Fsp3) is 0.571. The first-order valence-electron chi connectivity index (χ1n) is 5.85. The largest absolute Gasteiger partial charge is 0.395 e. The van der Waals surface area contributed by atoms with E-state index in [9.17, 15) is 5.11 Å². The summed E-state index contributed by atoms with van der Waals surface area (Å²) < 4.78 is 0. The van der Waals surface area contributed by atoms with Gasteiger partial charge in [0, 0.05) is 5.41 Å². The van der Waals surface area contributed by atoms with Crippen LogP contribution in [0.1, 0.15) is 50.2 Å². The van der Waals surface area contributed by atoms with Crippen molar-refractivity contribution in [3.05, 3.63) is 35.4 Å². The Morgan fingerprint density at radius 2 is 1.80 bits per heavy atom. The standard InChI is InChI=1S/C14H20O/c1-14(2,10-15)13-8-6-12(7-9-13)11-4-3-5-11/h6-9,11,15H,3-5,10H2,1-2H3. The molecule has 0 aromatic heterocycles. The highest BCUT2D eigenvalue weighted by Crippen LogP contribution is 2.36. The highest BCUT2D eigenvalue weighted by atomic mass is 16.3. The molecule has 1 nitrogen and oxygen atoms in total. The third kappa shape index (κ3) is 2.07. The molecule has 82 valence electrons. The van der Waals surface area contributed by atoms with Crippen LogP contribution in [0.2, 0.25) is 0 Å². The van der Waals surface area contributed by atoms with Gasteiger partial charge in [-0.25, -0.2) is 0 Å². The summed E-state index contributed by atoms with van der Waals surface area (Å²) in [5.74, 6) is 0.802. The highest BCUT2D eigenvalue weighted by molar-refractivity contribution is 5.30. The van der Waals surface area contributed by atoms with E-state index in [0.29, 0.717) is 0 Å². The molecule has 1 aromatic carbocycles. The molecule has 0 heterocycles. The molecule has 0 bridgehead atoms. The van der Waals surface area contributed by atoms with Crippen LogP contribution in [0.15, 0.2) is 24.3 Å². The van der Waals surface area contributed by atoms with E-state index in [1.54, 1.807) is 0 Å². The third-order valence-electron chi connectivity index (χ3n) is 3.66. The van der Waals surface area contributed by atoms with Crippen molar-refractivity contribution in [3.8, 4) is 0 Å². The Morgan fingerprint density at radius 3 is 2.20 bits per heavy atom. The minimum absolute atomic E-state index is 0.113. The number of benzene rings is 1. The molecule has 2 rings (SSSR count). The second-order valence-electron chi connectivity index (χ2n) is 5.29. The Bertz CT molecular complexity index is 320. The molecular formula is C14H20O. The maximum Gasteiger partial charge on any atom is 0.0522 e. The quantitative estimate of drug-likeness (QED) is 0.801. The Morgan fingerprint density at radius 1 is 1.20 bits per heavy atom. The maximum atomic E-state index is 9.28. The lowest BCUT2D eigenvalue weighted by molar-refractivity contribution is 0.218. The maximum absolute atomic E-state index is 9.28. The topological polar surface area (TPSA) is 20.2 Å². The first kappa shape index (κ1) is 10.7. The zero-order chi connectivity index (χ0) is 10.9. The summed E-state index contributed by atoms with van der Waals surface area (Å²) in [6.07, 6.45) is 4.08. The van der Waals surface area contributed by atoms with Crippen LogP contribution in [-0.2, 0) is 5.41 Å². The molecule has 1 aliphatic carbocycles. The number of aliphatic hydroxyl groups excluding tert-OH is 1. The molecule has 1 N–H and O–H groups in total. The van der Waals surface area contributed by atoms with Crippen LogP contribution in [0.5, 0.6) is 0 Å². The van der Waals surface area contributed by atoms with Gasteiger partial charge in [-0.05, 0) is 29.9 Å². The van der Waals surface area contributed by atoms with Crippen molar-refractivity contribution in [2.24, 2.45) is 0 Å². The Labute approximate surface area is 92.1 Å². The summed E-state index contributed by atoms with van der Waals surface area (Å²) in [4.78, 5) is 0. The summed E-state index contributed by atoms with van der Waals surface area (Å²) in [7, 11) is 0. The molecule has 0 atom stereocenters. The molecule has 0 amide bonds. The molecule has 15 heavy (non-hydrogen) atoms. The van der Waals surface area contributed by atoms with E-state index in [1.807, 2.05) is 0 Å². The molecule has 0 aliphatic heterocycles. The summed E-state index contributed by atoms with van der Waals surface area (Å²) >= 11 is 0. The van der Waals surface area contributed by atoms with Crippen LogP contribution < -0.4 is 0 Å². The minimum atomic E-state index is -0.113. The van der Waals surface area contributed by atoms with E-state index < -0.39 is 0 Å². The summed E-state index contributed by atoms with van der Waals surface area (Å²) in [5.41, 5.74) is 2.59. The molecule has 0 radical (unpaired) electrons. The van der Waals surface area contributed by atoms with Gasteiger partial charge in [0.15, 0.2) is 0 Å². The van der Waals surface area contributed by atoms with E-state index in [2.05, 4.69) is 38.1 Å². The van der Waals surface area contributed by atoms with Crippen molar-refractivity contribution in [1.29, 1.82) is 0 Å². The van der Waals surface area contributed by atoms with Crippen molar-refractivity contribution < 1.29 is 5.11 Å².